The topological polar surface area (TPSA) is 102 Å². The van der Waals surface area contributed by atoms with E-state index in [4.69, 9.17) is 9.47 Å². The molecule has 0 radical (unpaired) electrons. The number of ether oxygens (including phenoxy) is 2. The minimum atomic E-state index is -0.185. The van der Waals surface area contributed by atoms with Crippen LogP contribution in [0.5, 0.6) is 17.4 Å². The third-order valence-electron chi connectivity index (χ3n) is 6.05. The maximum Gasteiger partial charge on any atom is 0.257 e. The third kappa shape index (κ3) is 6.17. The number of nitrogens with one attached hydrogen (secondary N) is 2. The van der Waals surface area contributed by atoms with Crippen molar-refractivity contribution in [3.05, 3.63) is 59.9 Å². The highest BCUT2D eigenvalue weighted by atomic mass is 16.5. The zero-order valence-corrected chi connectivity index (χ0v) is 20.6. The SMILES string of the molecule is COc1ccc(Oc2ncccc2C(=O)N[C@H]2CC[C@@H](Nc3ncc(C)c(N(C)C)n3)CC2)cc1. The summed E-state index contributed by atoms with van der Waals surface area (Å²) in [5, 5.41) is 6.60. The van der Waals surface area contributed by atoms with Gasteiger partial charge in [0, 0.05) is 44.1 Å². The molecule has 0 spiro atoms. The Labute approximate surface area is 205 Å². The predicted octanol–water partition coefficient (Wildman–Crippen LogP) is 4.20. The molecule has 4 rings (SSSR count). The van der Waals surface area contributed by atoms with Crippen LogP contribution in [0.1, 0.15) is 41.6 Å². The molecule has 1 aliphatic carbocycles. The Morgan fingerprint density at radius 2 is 1.69 bits per heavy atom. The number of aryl methyl sites for hydroxylation is 1. The molecule has 9 nitrogen and oxygen atoms in total. The molecule has 2 aromatic heterocycles. The van der Waals surface area contributed by atoms with Crippen molar-refractivity contribution in [2.75, 3.05) is 31.4 Å². The highest BCUT2D eigenvalue weighted by Crippen LogP contribution is 2.26. The van der Waals surface area contributed by atoms with Gasteiger partial charge >= 0.3 is 0 Å². The molecule has 9 heteroatoms. The zero-order chi connectivity index (χ0) is 24.8. The minimum Gasteiger partial charge on any atom is -0.497 e. The first-order valence-electron chi connectivity index (χ1n) is 11.8. The fourth-order valence-corrected chi connectivity index (χ4v) is 4.18. The molecular formula is C26H32N6O3. The van der Waals surface area contributed by atoms with Crippen LogP contribution >= 0.6 is 0 Å². The lowest BCUT2D eigenvalue weighted by Gasteiger charge is -2.30. The lowest BCUT2D eigenvalue weighted by molar-refractivity contribution is 0.0923. The highest BCUT2D eigenvalue weighted by molar-refractivity contribution is 5.96. The summed E-state index contributed by atoms with van der Waals surface area (Å²) in [6, 6.07) is 11.0. The molecular weight excluding hydrogens is 444 g/mol. The van der Waals surface area contributed by atoms with Crippen molar-refractivity contribution in [2.45, 2.75) is 44.7 Å². The number of nitrogens with zero attached hydrogens (tertiary/aromatic N) is 4. The molecule has 1 aromatic carbocycles. The third-order valence-corrected chi connectivity index (χ3v) is 6.05. The Bertz CT molecular complexity index is 1140. The largest absolute Gasteiger partial charge is 0.497 e. The maximum atomic E-state index is 13.0. The Hall–Kier alpha value is -3.88. The summed E-state index contributed by atoms with van der Waals surface area (Å²) in [6.45, 7) is 2.00. The highest BCUT2D eigenvalue weighted by Gasteiger charge is 2.25. The summed E-state index contributed by atoms with van der Waals surface area (Å²) >= 11 is 0. The number of rotatable bonds is 8. The van der Waals surface area contributed by atoms with E-state index in [1.807, 2.05) is 32.1 Å². The average molecular weight is 477 g/mol. The number of aromatic nitrogens is 3. The van der Waals surface area contributed by atoms with Crippen LogP contribution in [0.4, 0.5) is 11.8 Å². The Morgan fingerprint density at radius 3 is 2.37 bits per heavy atom. The zero-order valence-electron chi connectivity index (χ0n) is 20.6. The van der Waals surface area contributed by atoms with Crippen LogP contribution in [0.15, 0.2) is 48.8 Å². The number of amides is 1. The van der Waals surface area contributed by atoms with Gasteiger partial charge < -0.3 is 25.0 Å². The first-order valence-corrected chi connectivity index (χ1v) is 11.8. The van der Waals surface area contributed by atoms with E-state index in [0.29, 0.717) is 17.3 Å². The lowest BCUT2D eigenvalue weighted by atomic mass is 9.91. The van der Waals surface area contributed by atoms with Crippen LogP contribution in [0.3, 0.4) is 0 Å². The van der Waals surface area contributed by atoms with E-state index in [9.17, 15) is 4.79 Å². The molecule has 3 aromatic rings. The fourth-order valence-electron chi connectivity index (χ4n) is 4.18. The maximum absolute atomic E-state index is 13.0. The van der Waals surface area contributed by atoms with E-state index in [-0.39, 0.29) is 23.9 Å². The molecule has 2 N–H and O–H groups in total. The van der Waals surface area contributed by atoms with Crippen LogP contribution in [0.25, 0.3) is 0 Å². The monoisotopic (exact) mass is 476 g/mol. The lowest BCUT2D eigenvalue weighted by Crippen LogP contribution is -2.40. The van der Waals surface area contributed by atoms with Gasteiger partial charge in [-0.1, -0.05) is 0 Å². The van der Waals surface area contributed by atoms with Crippen molar-refractivity contribution in [3.8, 4) is 17.4 Å². The van der Waals surface area contributed by atoms with Crippen LogP contribution in [0.2, 0.25) is 0 Å². The van der Waals surface area contributed by atoms with Gasteiger partial charge in [-0.2, -0.15) is 4.98 Å². The molecule has 1 fully saturated rings. The number of pyridine rings is 1. The smallest absolute Gasteiger partial charge is 0.257 e. The van der Waals surface area contributed by atoms with E-state index in [1.165, 1.54) is 0 Å². The van der Waals surface area contributed by atoms with E-state index in [2.05, 4.69) is 25.6 Å². The number of hydrogen-bond donors (Lipinski definition) is 2. The van der Waals surface area contributed by atoms with Crippen LogP contribution < -0.4 is 25.0 Å². The Kier molecular flexibility index (Phi) is 7.64. The molecule has 35 heavy (non-hydrogen) atoms. The van der Waals surface area contributed by atoms with Crippen molar-refractivity contribution < 1.29 is 14.3 Å². The summed E-state index contributed by atoms with van der Waals surface area (Å²) in [7, 11) is 5.56. The van der Waals surface area contributed by atoms with Crippen molar-refractivity contribution in [3.63, 3.8) is 0 Å². The van der Waals surface area contributed by atoms with E-state index < -0.39 is 0 Å². The van der Waals surface area contributed by atoms with E-state index in [0.717, 1.165) is 42.8 Å². The number of methoxy groups -OCH3 is 1. The predicted molar refractivity (Wildman–Crippen MR) is 136 cm³/mol. The number of anilines is 2. The number of carbonyl (C=O) groups excluding carboxylic acids is 1. The number of benzene rings is 1. The summed E-state index contributed by atoms with van der Waals surface area (Å²) in [4.78, 5) is 28.4. The van der Waals surface area contributed by atoms with Crippen LogP contribution in [-0.4, -0.2) is 54.1 Å². The number of hydrogen-bond acceptors (Lipinski definition) is 8. The molecule has 1 amide bonds. The molecule has 0 bridgehead atoms. The summed E-state index contributed by atoms with van der Waals surface area (Å²) < 4.78 is 11.1. The standard InChI is InChI=1S/C26H32N6O3/c1-17-16-28-26(31-23(17)32(2)3)30-19-9-7-18(8-10-19)29-24(33)22-6-5-15-27-25(22)35-21-13-11-20(34-4)12-14-21/h5-6,11-16,18-19H,7-10H2,1-4H3,(H,29,33)(H,28,30,31)/t18-,19+. The molecule has 0 aliphatic heterocycles. The van der Waals surface area contributed by atoms with Crippen molar-refractivity contribution in [1.29, 1.82) is 0 Å². The van der Waals surface area contributed by atoms with Gasteiger partial charge in [0.1, 0.15) is 22.9 Å². The minimum absolute atomic E-state index is 0.0888. The van der Waals surface area contributed by atoms with Crippen LogP contribution in [0, 0.1) is 6.92 Å². The van der Waals surface area contributed by atoms with Gasteiger partial charge in [0.05, 0.1) is 7.11 Å². The molecule has 184 valence electrons. The second kappa shape index (κ2) is 11.0. The molecule has 0 atom stereocenters. The molecule has 0 unspecified atom stereocenters. The van der Waals surface area contributed by atoms with Gasteiger partial charge in [0.15, 0.2) is 0 Å². The van der Waals surface area contributed by atoms with Crippen molar-refractivity contribution in [1.82, 2.24) is 20.3 Å². The first-order chi connectivity index (χ1) is 16.9. The first kappa shape index (κ1) is 24.3. The van der Waals surface area contributed by atoms with E-state index >= 15 is 0 Å². The average Bonchev–Trinajstić information content (AvgIpc) is 2.87. The summed E-state index contributed by atoms with van der Waals surface area (Å²) in [5.74, 6) is 2.96. The van der Waals surface area contributed by atoms with Crippen molar-refractivity contribution >= 4 is 17.7 Å². The summed E-state index contributed by atoms with van der Waals surface area (Å²) in [5.41, 5.74) is 1.45. The van der Waals surface area contributed by atoms with Gasteiger partial charge in [-0.3, -0.25) is 4.79 Å². The Balaban J connectivity index is 1.33. The normalized spacial score (nSPS) is 17.4. The second-order valence-electron chi connectivity index (χ2n) is 8.89. The van der Waals surface area contributed by atoms with Crippen LogP contribution in [-0.2, 0) is 0 Å². The fraction of sp³-hybridized carbons (Fsp3) is 0.385. The van der Waals surface area contributed by atoms with E-state index in [1.54, 1.807) is 49.7 Å². The van der Waals surface area contributed by atoms with Gasteiger partial charge in [-0.15, -0.1) is 0 Å². The molecule has 0 saturated heterocycles. The molecule has 1 aliphatic rings. The quantitative estimate of drug-likeness (QED) is 0.499. The molecule has 2 heterocycles. The van der Waals surface area contributed by atoms with Gasteiger partial charge in [-0.05, 0) is 69.0 Å². The molecule has 1 saturated carbocycles. The second-order valence-corrected chi connectivity index (χ2v) is 8.89. The van der Waals surface area contributed by atoms with Gasteiger partial charge in [-0.25, -0.2) is 9.97 Å². The van der Waals surface area contributed by atoms with Crippen molar-refractivity contribution in [2.24, 2.45) is 0 Å². The summed E-state index contributed by atoms with van der Waals surface area (Å²) in [6.07, 6.45) is 7.02. The Morgan fingerprint density at radius 1 is 1.00 bits per heavy atom. The van der Waals surface area contributed by atoms with Gasteiger partial charge in [0.25, 0.3) is 5.91 Å². The number of carbonyl (C=O) groups is 1. The van der Waals surface area contributed by atoms with Gasteiger partial charge in [0.2, 0.25) is 11.8 Å².